The summed E-state index contributed by atoms with van der Waals surface area (Å²) in [5, 5.41) is 6.73. The lowest BCUT2D eigenvalue weighted by Crippen LogP contribution is -2.35. The summed E-state index contributed by atoms with van der Waals surface area (Å²) in [5.41, 5.74) is -0.137. The molecule has 1 aromatic heterocycles. The standard InChI is InChI=1S/C18H13ClF2N4O2/c1-10(17(26)23-15-8-13(20)6-7-14(15)21)25-18(27)24-16(9-22-25)11-2-4-12(19)5-3-11/h2-10H,1H3,(H,23,26)/t10-/m0/s1. The molecule has 0 unspecified atom stereocenters. The van der Waals surface area contributed by atoms with Gasteiger partial charge in [-0.05, 0) is 31.2 Å². The molecular weight excluding hydrogens is 378 g/mol. The summed E-state index contributed by atoms with van der Waals surface area (Å²) in [5.74, 6) is -2.24. The molecule has 9 heteroatoms. The number of carbonyl (C=O) groups is 1. The van der Waals surface area contributed by atoms with Crippen LogP contribution in [0.25, 0.3) is 11.3 Å². The van der Waals surface area contributed by atoms with Crippen LogP contribution in [0.3, 0.4) is 0 Å². The van der Waals surface area contributed by atoms with Crippen molar-refractivity contribution in [1.82, 2.24) is 14.8 Å². The summed E-state index contributed by atoms with van der Waals surface area (Å²) in [7, 11) is 0. The van der Waals surface area contributed by atoms with Crippen LogP contribution >= 0.6 is 11.6 Å². The van der Waals surface area contributed by atoms with Gasteiger partial charge in [-0.1, -0.05) is 23.7 Å². The number of hydrogen-bond donors (Lipinski definition) is 1. The molecule has 0 aliphatic rings. The SMILES string of the molecule is C[C@@H](C(=O)Nc1cc(F)ccc1F)n1ncc(-c2ccc(Cl)cc2)nc1=O. The molecule has 0 aliphatic carbocycles. The Labute approximate surface area is 157 Å². The molecule has 0 saturated carbocycles. The predicted molar refractivity (Wildman–Crippen MR) is 96.4 cm³/mol. The summed E-state index contributed by atoms with van der Waals surface area (Å²) in [4.78, 5) is 28.4. The van der Waals surface area contributed by atoms with Gasteiger partial charge in [-0.3, -0.25) is 4.79 Å². The second kappa shape index (κ2) is 7.63. The molecule has 2 aromatic carbocycles. The summed E-state index contributed by atoms with van der Waals surface area (Å²) in [6.45, 7) is 1.39. The van der Waals surface area contributed by atoms with Gasteiger partial charge < -0.3 is 5.32 Å². The minimum atomic E-state index is -1.09. The molecule has 0 spiro atoms. The first-order chi connectivity index (χ1) is 12.8. The van der Waals surface area contributed by atoms with Crippen LogP contribution in [-0.2, 0) is 4.79 Å². The molecule has 1 amide bonds. The third-order valence-corrected chi connectivity index (χ3v) is 4.04. The molecular formula is C18H13ClF2N4O2. The highest BCUT2D eigenvalue weighted by atomic mass is 35.5. The van der Waals surface area contributed by atoms with Gasteiger partial charge in [-0.25, -0.2) is 18.3 Å². The Bertz CT molecular complexity index is 1050. The first kappa shape index (κ1) is 18.7. The molecule has 3 rings (SSSR count). The van der Waals surface area contributed by atoms with E-state index in [4.69, 9.17) is 11.6 Å². The van der Waals surface area contributed by atoms with E-state index in [1.54, 1.807) is 24.3 Å². The Hall–Kier alpha value is -3.13. The fourth-order valence-electron chi connectivity index (χ4n) is 2.32. The van der Waals surface area contributed by atoms with Crippen molar-refractivity contribution in [3.05, 3.63) is 75.8 Å². The average molecular weight is 391 g/mol. The Morgan fingerprint density at radius 3 is 2.56 bits per heavy atom. The quantitative estimate of drug-likeness (QED) is 0.740. The first-order valence-electron chi connectivity index (χ1n) is 7.83. The molecule has 0 fully saturated rings. The van der Waals surface area contributed by atoms with E-state index in [-0.39, 0.29) is 5.69 Å². The fraction of sp³-hybridized carbons (Fsp3) is 0.111. The molecule has 0 saturated heterocycles. The number of rotatable bonds is 4. The minimum absolute atomic E-state index is 0.316. The second-order valence-corrected chi connectivity index (χ2v) is 6.10. The Morgan fingerprint density at radius 1 is 1.19 bits per heavy atom. The zero-order chi connectivity index (χ0) is 19.6. The molecule has 6 nitrogen and oxygen atoms in total. The summed E-state index contributed by atoms with van der Waals surface area (Å²) in [6.07, 6.45) is 1.33. The Morgan fingerprint density at radius 2 is 1.89 bits per heavy atom. The van der Waals surface area contributed by atoms with Crippen LogP contribution in [0.15, 0.2) is 53.5 Å². The van der Waals surface area contributed by atoms with Crippen LogP contribution in [0.4, 0.5) is 14.5 Å². The monoisotopic (exact) mass is 390 g/mol. The second-order valence-electron chi connectivity index (χ2n) is 5.67. The third kappa shape index (κ3) is 4.17. The molecule has 3 aromatic rings. The molecule has 1 N–H and O–H groups in total. The van der Waals surface area contributed by atoms with E-state index in [0.717, 1.165) is 22.9 Å². The molecule has 0 radical (unpaired) electrons. The van der Waals surface area contributed by atoms with E-state index in [1.807, 2.05) is 0 Å². The molecule has 1 atom stereocenters. The van der Waals surface area contributed by atoms with Crippen molar-refractivity contribution >= 4 is 23.2 Å². The third-order valence-electron chi connectivity index (χ3n) is 3.79. The van der Waals surface area contributed by atoms with Gasteiger partial charge in [0.15, 0.2) is 0 Å². The van der Waals surface area contributed by atoms with Crippen LogP contribution in [0.2, 0.25) is 5.02 Å². The van der Waals surface area contributed by atoms with Crippen molar-refractivity contribution in [2.75, 3.05) is 5.32 Å². The van der Waals surface area contributed by atoms with Crippen LogP contribution in [0.5, 0.6) is 0 Å². The topological polar surface area (TPSA) is 76.9 Å². The van der Waals surface area contributed by atoms with Gasteiger partial charge in [0.2, 0.25) is 5.91 Å². The van der Waals surface area contributed by atoms with Gasteiger partial charge in [0, 0.05) is 16.7 Å². The summed E-state index contributed by atoms with van der Waals surface area (Å²) < 4.78 is 27.7. The van der Waals surface area contributed by atoms with Crippen LogP contribution < -0.4 is 11.0 Å². The predicted octanol–water partition coefficient (Wildman–Crippen LogP) is 3.44. The fourth-order valence-corrected chi connectivity index (χ4v) is 2.44. The average Bonchev–Trinajstić information content (AvgIpc) is 2.64. The molecule has 0 aliphatic heterocycles. The van der Waals surface area contributed by atoms with Gasteiger partial charge in [0.1, 0.15) is 17.7 Å². The van der Waals surface area contributed by atoms with Crippen LogP contribution in [-0.4, -0.2) is 20.7 Å². The lowest BCUT2D eigenvalue weighted by molar-refractivity contribution is -0.119. The smallest absolute Gasteiger partial charge is 0.322 e. The number of benzene rings is 2. The maximum Gasteiger partial charge on any atom is 0.365 e. The van der Waals surface area contributed by atoms with Gasteiger partial charge in [0.05, 0.1) is 17.6 Å². The van der Waals surface area contributed by atoms with E-state index in [0.29, 0.717) is 16.3 Å². The van der Waals surface area contributed by atoms with Gasteiger partial charge in [-0.2, -0.15) is 10.1 Å². The number of nitrogens with one attached hydrogen (secondary N) is 1. The van der Waals surface area contributed by atoms with Crippen LogP contribution in [0.1, 0.15) is 13.0 Å². The number of halogens is 3. The molecule has 138 valence electrons. The van der Waals surface area contributed by atoms with E-state index in [9.17, 15) is 18.4 Å². The zero-order valence-electron chi connectivity index (χ0n) is 14.0. The summed E-state index contributed by atoms with van der Waals surface area (Å²) >= 11 is 5.82. The van der Waals surface area contributed by atoms with Gasteiger partial charge >= 0.3 is 5.69 Å². The minimum Gasteiger partial charge on any atom is -0.322 e. The molecule has 27 heavy (non-hydrogen) atoms. The van der Waals surface area contributed by atoms with Gasteiger partial charge in [0.25, 0.3) is 0 Å². The lowest BCUT2D eigenvalue weighted by Gasteiger charge is -2.14. The highest BCUT2D eigenvalue weighted by Gasteiger charge is 2.20. The van der Waals surface area contributed by atoms with Crippen molar-refractivity contribution in [2.24, 2.45) is 0 Å². The molecule has 0 bridgehead atoms. The summed E-state index contributed by atoms with van der Waals surface area (Å²) in [6, 6.07) is 8.23. The maximum absolute atomic E-state index is 13.7. The van der Waals surface area contributed by atoms with E-state index < -0.39 is 29.3 Å². The van der Waals surface area contributed by atoms with Crippen molar-refractivity contribution in [3.63, 3.8) is 0 Å². The normalized spacial score (nSPS) is 11.9. The number of anilines is 1. The van der Waals surface area contributed by atoms with E-state index in [2.05, 4.69) is 15.4 Å². The number of hydrogen-bond acceptors (Lipinski definition) is 4. The van der Waals surface area contributed by atoms with Crippen LogP contribution in [0, 0.1) is 11.6 Å². The highest BCUT2D eigenvalue weighted by Crippen LogP contribution is 2.19. The van der Waals surface area contributed by atoms with Crippen molar-refractivity contribution in [2.45, 2.75) is 13.0 Å². The maximum atomic E-state index is 13.7. The van der Waals surface area contributed by atoms with Crippen molar-refractivity contribution in [1.29, 1.82) is 0 Å². The number of aromatic nitrogens is 3. The number of amides is 1. The largest absolute Gasteiger partial charge is 0.365 e. The van der Waals surface area contributed by atoms with E-state index >= 15 is 0 Å². The first-order valence-corrected chi connectivity index (χ1v) is 8.20. The zero-order valence-corrected chi connectivity index (χ0v) is 14.7. The number of nitrogens with zero attached hydrogens (tertiary/aromatic N) is 3. The van der Waals surface area contributed by atoms with Crippen molar-refractivity contribution < 1.29 is 13.6 Å². The number of carbonyl (C=O) groups excluding carboxylic acids is 1. The lowest BCUT2D eigenvalue weighted by atomic mass is 10.2. The van der Waals surface area contributed by atoms with Gasteiger partial charge in [-0.15, -0.1) is 0 Å². The van der Waals surface area contributed by atoms with E-state index in [1.165, 1.54) is 13.1 Å². The van der Waals surface area contributed by atoms with Crippen molar-refractivity contribution in [3.8, 4) is 11.3 Å². The molecule has 1 heterocycles. The Kier molecular flexibility index (Phi) is 5.27. The highest BCUT2D eigenvalue weighted by molar-refractivity contribution is 6.30. The Balaban J connectivity index is 1.83.